The van der Waals surface area contributed by atoms with E-state index in [1.807, 2.05) is 0 Å². The van der Waals surface area contributed by atoms with Crippen molar-refractivity contribution in [1.29, 1.82) is 0 Å². The summed E-state index contributed by atoms with van der Waals surface area (Å²) in [5.74, 6) is -0.862. The lowest BCUT2D eigenvalue weighted by molar-refractivity contribution is -0.121. The van der Waals surface area contributed by atoms with E-state index in [2.05, 4.69) is 5.32 Å². The maximum absolute atomic E-state index is 13.5. The van der Waals surface area contributed by atoms with Gasteiger partial charge in [0.25, 0.3) is 0 Å². The Morgan fingerprint density at radius 1 is 1.09 bits per heavy atom. The molecule has 0 radical (unpaired) electrons. The Kier molecular flexibility index (Phi) is 6.23. The first-order valence-corrected chi connectivity index (χ1v) is 7.58. The number of hydrogen-bond acceptors (Lipinski definition) is 2. The van der Waals surface area contributed by atoms with Crippen molar-refractivity contribution >= 4 is 5.91 Å². The van der Waals surface area contributed by atoms with Crippen LogP contribution in [0, 0.1) is 11.6 Å². The molecule has 2 aromatic rings. The molecule has 0 heterocycles. The van der Waals surface area contributed by atoms with Crippen molar-refractivity contribution in [2.75, 3.05) is 6.54 Å². The molecule has 3 nitrogen and oxygen atoms in total. The Labute approximate surface area is 134 Å². The summed E-state index contributed by atoms with van der Waals surface area (Å²) in [4.78, 5) is 12.0. The van der Waals surface area contributed by atoms with Gasteiger partial charge in [-0.3, -0.25) is 4.79 Å². The van der Waals surface area contributed by atoms with Crippen LogP contribution in [0.25, 0.3) is 0 Å². The largest absolute Gasteiger partial charge is 0.349 e. The van der Waals surface area contributed by atoms with Gasteiger partial charge in [-0.2, -0.15) is 0 Å². The van der Waals surface area contributed by atoms with E-state index in [1.165, 1.54) is 24.3 Å². The third-order valence-electron chi connectivity index (χ3n) is 3.52. The molecule has 5 heteroatoms. The summed E-state index contributed by atoms with van der Waals surface area (Å²) in [6.07, 6.45) is 1.28. The first-order valence-electron chi connectivity index (χ1n) is 7.58. The molecular formula is C18H20F2N2O. The molecule has 0 spiro atoms. The van der Waals surface area contributed by atoms with Gasteiger partial charge in [0.2, 0.25) is 5.91 Å². The Balaban J connectivity index is 2.18. The molecular weight excluding hydrogens is 298 g/mol. The molecule has 0 aromatic heterocycles. The SMILES string of the molecule is NCCCC(=O)NC(Cc1cccc(F)c1)c1cccc(F)c1. The normalized spacial score (nSPS) is 12.0. The summed E-state index contributed by atoms with van der Waals surface area (Å²) in [5.41, 5.74) is 6.79. The summed E-state index contributed by atoms with van der Waals surface area (Å²) < 4.78 is 26.8. The van der Waals surface area contributed by atoms with Crippen molar-refractivity contribution in [1.82, 2.24) is 5.32 Å². The number of nitrogens with two attached hydrogens (primary N) is 1. The number of nitrogens with one attached hydrogen (secondary N) is 1. The van der Waals surface area contributed by atoms with Crippen LogP contribution in [0.4, 0.5) is 8.78 Å². The predicted molar refractivity (Wildman–Crippen MR) is 85.7 cm³/mol. The van der Waals surface area contributed by atoms with Crippen molar-refractivity contribution in [3.63, 3.8) is 0 Å². The highest BCUT2D eigenvalue weighted by Crippen LogP contribution is 2.20. The van der Waals surface area contributed by atoms with Crippen LogP contribution in [0.15, 0.2) is 48.5 Å². The molecule has 3 N–H and O–H groups in total. The second kappa shape index (κ2) is 8.39. The zero-order valence-corrected chi connectivity index (χ0v) is 12.8. The molecule has 1 amide bonds. The Hall–Kier alpha value is -2.27. The van der Waals surface area contributed by atoms with Crippen LogP contribution in [0.3, 0.4) is 0 Å². The third kappa shape index (κ3) is 5.45. The lowest BCUT2D eigenvalue weighted by atomic mass is 9.98. The van der Waals surface area contributed by atoms with Crippen LogP contribution in [0.5, 0.6) is 0 Å². The number of carbonyl (C=O) groups is 1. The fourth-order valence-electron chi connectivity index (χ4n) is 2.40. The Morgan fingerprint density at radius 2 is 1.78 bits per heavy atom. The van der Waals surface area contributed by atoms with Crippen molar-refractivity contribution in [2.45, 2.75) is 25.3 Å². The molecule has 0 fully saturated rings. The van der Waals surface area contributed by atoms with Gasteiger partial charge >= 0.3 is 0 Å². The van der Waals surface area contributed by atoms with Crippen LogP contribution < -0.4 is 11.1 Å². The van der Waals surface area contributed by atoms with E-state index in [0.29, 0.717) is 31.4 Å². The Morgan fingerprint density at radius 3 is 2.43 bits per heavy atom. The summed E-state index contributed by atoms with van der Waals surface area (Å²) in [7, 11) is 0. The van der Waals surface area contributed by atoms with Gasteiger partial charge in [0.05, 0.1) is 6.04 Å². The molecule has 122 valence electrons. The van der Waals surface area contributed by atoms with Gasteiger partial charge in [0.15, 0.2) is 0 Å². The molecule has 0 bridgehead atoms. The first kappa shape index (κ1) is 17.1. The number of benzene rings is 2. The maximum atomic E-state index is 13.5. The Bertz CT molecular complexity index is 661. The minimum absolute atomic E-state index is 0.152. The summed E-state index contributed by atoms with van der Waals surface area (Å²) in [6, 6.07) is 11.8. The smallest absolute Gasteiger partial charge is 0.220 e. The van der Waals surface area contributed by atoms with E-state index in [-0.39, 0.29) is 17.5 Å². The van der Waals surface area contributed by atoms with Crippen molar-refractivity contribution in [2.24, 2.45) is 5.73 Å². The molecule has 0 saturated carbocycles. The molecule has 1 atom stereocenters. The lowest BCUT2D eigenvalue weighted by Gasteiger charge is -2.20. The number of carbonyl (C=O) groups excluding carboxylic acids is 1. The summed E-state index contributed by atoms with van der Waals surface area (Å²) in [6.45, 7) is 0.432. The van der Waals surface area contributed by atoms with Crippen molar-refractivity contribution in [3.8, 4) is 0 Å². The number of halogens is 2. The van der Waals surface area contributed by atoms with E-state index < -0.39 is 6.04 Å². The minimum atomic E-state index is -0.419. The average molecular weight is 318 g/mol. The van der Waals surface area contributed by atoms with Crippen LogP contribution in [0.1, 0.15) is 30.0 Å². The van der Waals surface area contributed by atoms with Crippen molar-refractivity contribution < 1.29 is 13.6 Å². The number of amides is 1. The van der Waals surface area contributed by atoms with Crippen molar-refractivity contribution in [3.05, 3.63) is 71.3 Å². The second-order valence-corrected chi connectivity index (χ2v) is 5.40. The van der Waals surface area contributed by atoms with Gasteiger partial charge in [-0.15, -0.1) is 0 Å². The monoisotopic (exact) mass is 318 g/mol. The van der Waals surface area contributed by atoms with E-state index >= 15 is 0 Å². The zero-order chi connectivity index (χ0) is 16.7. The van der Waals surface area contributed by atoms with E-state index in [0.717, 1.165) is 5.56 Å². The predicted octanol–water partition coefficient (Wildman–Crippen LogP) is 3.10. The average Bonchev–Trinajstić information content (AvgIpc) is 2.52. The first-order chi connectivity index (χ1) is 11.1. The standard InChI is InChI=1S/C18H20F2N2O/c19-15-6-1-4-13(10-15)11-17(22-18(23)8-3-9-21)14-5-2-7-16(20)12-14/h1-2,4-7,10,12,17H,3,8-9,11,21H2,(H,22,23). The molecule has 23 heavy (non-hydrogen) atoms. The molecule has 1 unspecified atom stereocenters. The van der Waals surface area contributed by atoms with Gasteiger partial charge < -0.3 is 11.1 Å². The molecule has 0 aliphatic heterocycles. The fourth-order valence-corrected chi connectivity index (χ4v) is 2.40. The van der Waals surface area contributed by atoms with E-state index in [4.69, 9.17) is 5.73 Å². The van der Waals surface area contributed by atoms with Crippen LogP contribution in [-0.2, 0) is 11.2 Å². The van der Waals surface area contributed by atoms with Gasteiger partial charge in [-0.1, -0.05) is 24.3 Å². The summed E-state index contributed by atoms with van der Waals surface area (Å²) in [5, 5.41) is 2.88. The van der Waals surface area contributed by atoms with Gasteiger partial charge in [0, 0.05) is 6.42 Å². The number of hydrogen-bond donors (Lipinski definition) is 2. The number of rotatable bonds is 7. The highest BCUT2D eigenvalue weighted by molar-refractivity contribution is 5.76. The molecule has 0 saturated heterocycles. The maximum Gasteiger partial charge on any atom is 0.220 e. The quantitative estimate of drug-likeness (QED) is 0.824. The van der Waals surface area contributed by atoms with Crippen LogP contribution >= 0.6 is 0 Å². The molecule has 2 rings (SSSR count). The fraction of sp³-hybridized carbons (Fsp3) is 0.278. The minimum Gasteiger partial charge on any atom is -0.349 e. The van der Waals surface area contributed by atoms with Gasteiger partial charge in [0.1, 0.15) is 11.6 Å². The lowest BCUT2D eigenvalue weighted by Crippen LogP contribution is -2.30. The third-order valence-corrected chi connectivity index (χ3v) is 3.52. The van der Waals surface area contributed by atoms with E-state index in [9.17, 15) is 13.6 Å². The van der Waals surface area contributed by atoms with Crippen LogP contribution in [-0.4, -0.2) is 12.5 Å². The molecule has 2 aromatic carbocycles. The zero-order valence-electron chi connectivity index (χ0n) is 12.8. The van der Waals surface area contributed by atoms with Gasteiger partial charge in [-0.25, -0.2) is 8.78 Å². The highest BCUT2D eigenvalue weighted by Gasteiger charge is 2.16. The molecule has 0 aliphatic carbocycles. The van der Waals surface area contributed by atoms with Crippen LogP contribution in [0.2, 0.25) is 0 Å². The second-order valence-electron chi connectivity index (χ2n) is 5.40. The molecule has 0 aliphatic rings. The van der Waals surface area contributed by atoms with E-state index in [1.54, 1.807) is 24.3 Å². The topological polar surface area (TPSA) is 55.1 Å². The van der Waals surface area contributed by atoms with Gasteiger partial charge in [-0.05, 0) is 54.8 Å². The summed E-state index contributed by atoms with van der Waals surface area (Å²) >= 11 is 0. The highest BCUT2D eigenvalue weighted by atomic mass is 19.1.